The summed E-state index contributed by atoms with van der Waals surface area (Å²) in [5.74, 6) is -0.0974. The number of methoxy groups -OCH3 is 1. The van der Waals surface area contributed by atoms with Crippen molar-refractivity contribution < 1.29 is 17.9 Å². The zero-order valence-corrected chi connectivity index (χ0v) is 13.1. The van der Waals surface area contributed by atoms with Gasteiger partial charge in [0.15, 0.2) is 0 Å². The molecule has 0 fully saturated rings. The minimum Gasteiger partial charge on any atom is -0.384 e. The number of aromatic nitrogens is 1. The van der Waals surface area contributed by atoms with Gasteiger partial charge in [-0.3, -0.25) is 4.79 Å². The molecule has 0 saturated carbocycles. The van der Waals surface area contributed by atoms with Gasteiger partial charge >= 0.3 is 0 Å². The fourth-order valence-corrected chi connectivity index (χ4v) is 2.78. The number of nitrogen functional groups attached to an aromatic ring is 1. The summed E-state index contributed by atoms with van der Waals surface area (Å²) in [6.45, 7) is -0.00575. The molecular weight excluding hydrogens is 296 g/mol. The van der Waals surface area contributed by atoms with E-state index in [0.717, 1.165) is 4.31 Å². The van der Waals surface area contributed by atoms with E-state index in [2.05, 4.69) is 4.98 Å². The smallest absolute Gasteiger partial charge is 0.245 e. The molecule has 0 spiro atoms. The Morgan fingerprint density at radius 1 is 1.38 bits per heavy atom. The van der Waals surface area contributed by atoms with Crippen LogP contribution in [0.1, 0.15) is 0 Å². The van der Waals surface area contributed by atoms with Crippen molar-refractivity contribution in [2.75, 3.05) is 46.6 Å². The molecule has 21 heavy (non-hydrogen) atoms. The maximum atomic E-state index is 12.5. The lowest BCUT2D eigenvalue weighted by Gasteiger charge is -2.22. The van der Waals surface area contributed by atoms with Crippen LogP contribution in [0.5, 0.6) is 0 Å². The van der Waals surface area contributed by atoms with Gasteiger partial charge in [0, 0.05) is 33.9 Å². The molecule has 1 amide bonds. The van der Waals surface area contributed by atoms with Crippen LogP contribution in [0, 0.1) is 0 Å². The number of ether oxygens (including phenoxy) is 1. The Hall–Kier alpha value is -1.71. The third-order valence-corrected chi connectivity index (χ3v) is 4.58. The molecule has 0 aliphatic rings. The quantitative estimate of drug-likeness (QED) is 0.719. The second-order valence-electron chi connectivity index (χ2n) is 4.54. The third-order valence-electron chi connectivity index (χ3n) is 2.75. The van der Waals surface area contributed by atoms with Crippen molar-refractivity contribution in [3.8, 4) is 0 Å². The monoisotopic (exact) mass is 316 g/mol. The maximum absolute atomic E-state index is 12.5. The highest BCUT2D eigenvalue weighted by Gasteiger charge is 2.27. The molecule has 0 aliphatic carbocycles. The summed E-state index contributed by atoms with van der Waals surface area (Å²) >= 11 is 0. The first kappa shape index (κ1) is 17.3. The molecule has 9 heteroatoms. The van der Waals surface area contributed by atoms with Gasteiger partial charge in [-0.05, 0) is 12.1 Å². The molecule has 0 saturated heterocycles. The Balaban J connectivity index is 3.04. The number of amides is 1. The van der Waals surface area contributed by atoms with Crippen LogP contribution in [-0.4, -0.2) is 69.4 Å². The van der Waals surface area contributed by atoms with Crippen molar-refractivity contribution in [1.29, 1.82) is 0 Å². The first-order chi connectivity index (χ1) is 9.78. The van der Waals surface area contributed by atoms with Gasteiger partial charge in [-0.1, -0.05) is 0 Å². The number of pyridine rings is 1. The summed E-state index contributed by atoms with van der Waals surface area (Å²) in [4.78, 5) is 16.9. The van der Waals surface area contributed by atoms with Crippen LogP contribution in [0.15, 0.2) is 23.2 Å². The fraction of sp³-hybridized carbons (Fsp3) is 0.500. The van der Waals surface area contributed by atoms with Gasteiger partial charge in [-0.2, -0.15) is 4.31 Å². The van der Waals surface area contributed by atoms with Gasteiger partial charge in [-0.15, -0.1) is 0 Å². The number of hydrogen-bond donors (Lipinski definition) is 1. The number of nitrogens with zero attached hydrogens (tertiary/aromatic N) is 3. The van der Waals surface area contributed by atoms with Crippen LogP contribution in [0.4, 0.5) is 5.82 Å². The van der Waals surface area contributed by atoms with E-state index in [1.807, 2.05) is 0 Å². The molecule has 0 atom stereocenters. The van der Waals surface area contributed by atoms with E-state index < -0.39 is 10.0 Å². The number of likely N-dealkylation sites (N-methyl/N-ethyl adjacent to an activating group) is 1. The Bertz CT molecular complexity index is 571. The number of anilines is 1. The zero-order valence-electron chi connectivity index (χ0n) is 12.3. The van der Waals surface area contributed by atoms with Gasteiger partial charge in [0.25, 0.3) is 0 Å². The average Bonchev–Trinajstić information content (AvgIpc) is 2.43. The minimum absolute atomic E-state index is 0.0145. The summed E-state index contributed by atoms with van der Waals surface area (Å²) in [5.41, 5.74) is 5.45. The van der Waals surface area contributed by atoms with E-state index in [0.29, 0.717) is 0 Å². The highest BCUT2D eigenvalue weighted by molar-refractivity contribution is 7.89. The molecule has 0 unspecified atom stereocenters. The molecule has 2 N–H and O–H groups in total. The molecule has 1 heterocycles. The van der Waals surface area contributed by atoms with Crippen LogP contribution in [0.2, 0.25) is 0 Å². The summed E-state index contributed by atoms with van der Waals surface area (Å²) < 4.78 is 31.0. The molecule has 1 rings (SSSR count). The Morgan fingerprint density at radius 2 is 2.05 bits per heavy atom. The highest BCUT2D eigenvalue weighted by atomic mass is 32.2. The van der Waals surface area contributed by atoms with Gasteiger partial charge in [0.05, 0.1) is 13.2 Å². The number of nitrogens with two attached hydrogens (primary N) is 1. The molecule has 1 aromatic rings. The van der Waals surface area contributed by atoms with E-state index in [4.69, 9.17) is 10.5 Å². The van der Waals surface area contributed by atoms with Crippen molar-refractivity contribution in [3.05, 3.63) is 18.3 Å². The molecule has 0 aliphatic heterocycles. The lowest BCUT2D eigenvalue weighted by atomic mass is 10.5. The van der Waals surface area contributed by atoms with Crippen molar-refractivity contribution in [3.63, 3.8) is 0 Å². The first-order valence-electron chi connectivity index (χ1n) is 6.19. The first-order valence-corrected chi connectivity index (χ1v) is 7.64. The second kappa shape index (κ2) is 7.34. The molecule has 8 nitrogen and oxygen atoms in total. The lowest BCUT2D eigenvalue weighted by molar-refractivity contribution is -0.128. The van der Waals surface area contributed by atoms with Crippen molar-refractivity contribution >= 4 is 21.7 Å². The standard InChI is InChI=1S/C12H20N4O4S/c1-15(2)12(17)9-16(6-7-20-3)21(18,19)10-4-5-11(13)14-8-10/h4-5,8H,6-7,9H2,1-3H3,(H2,13,14). The number of hydrogen-bond acceptors (Lipinski definition) is 6. The van der Waals surface area contributed by atoms with Crippen LogP contribution in [0.3, 0.4) is 0 Å². The number of carbonyl (C=O) groups is 1. The third kappa shape index (κ3) is 4.66. The highest BCUT2D eigenvalue weighted by Crippen LogP contribution is 2.15. The second-order valence-corrected chi connectivity index (χ2v) is 6.48. The molecular formula is C12H20N4O4S. The Morgan fingerprint density at radius 3 is 2.52 bits per heavy atom. The lowest BCUT2D eigenvalue weighted by Crippen LogP contribution is -2.41. The maximum Gasteiger partial charge on any atom is 0.245 e. The average molecular weight is 316 g/mol. The van der Waals surface area contributed by atoms with Crippen molar-refractivity contribution in [2.45, 2.75) is 4.90 Å². The summed E-state index contributed by atoms with van der Waals surface area (Å²) in [5, 5.41) is 0. The zero-order chi connectivity index (χ0) is 16.0. The predicted octanol–water partition coefficient (Wildman–Crippen LogP) is -0.611. The SMILES string of the molecule is COCCN(CC(=O)N(C)C)S(=O)(=O)c1ccc(N)nc1. The van der Waals surface area contributed by atoms with Gasteiger partial charge in [-0.25, -0.2) is 13.4 Å². The number of rotatable bonds is 7. The molecule has 0 aromatic carbocycles. The van der Waals surface area contributed by atoms with Gasteiger partial charge < -0.3 is 15.4 Å². The van der Waals surface area contributed by atoms with E-state index >= 15 is 0 Å². The van der Waals surface area contributed by atoms with Crippen LogP contribution in [0.25, 0.3) is 0 Å². The van der Waals surface area contributed by atoms with E-state index in [9.17, 15) is 13.2 Å². The van der Waals surface area contributed by atoms with Crippen molar-refractivity contribution in [1.82, 2.24) is 14.2 Å². The molecule has 118 valence electrons. The van der Waals surface area contributed by atoms with E-state index in [1.165, 1.54) is 30.3 Å². The van der Waals surface area contributed by atoms with Crippen molar-refractivity contribution in [2.24, 2.45) is 0 Å². The van der Waals surface area contributed by atoms with E-state index in [-0.39, 0.29) is 36.3 Å². The summed E-state index contributed by atoms with van der Waals surface area (Å²) in [6.07, 6.45) is 1.17. The normalized spacial score (nSPS) is 11.6. The van der Waals surface area contributed by atoms with Crippen LogP contribution >= 0.6 is 0 Å². The predicted molar refractivity (Wildman–Crippen MR) is 78.0 cm³/mol. The fourth-order valence-electron chi connectivity index (χ4n) is 1.46. The number of carbonyl (C=O) groups excluding carboxylic acids is 1. The topological polar surface area (TPSA) is 106 Å². The summed E-state index contributed by atoms with van der Waals surface area (Å²) in [7, 11) is 0.758. The van der Waals surface area contributed by atoms with Crippen LogP contribution < -0.4 is 5.73 Å². The molecule has 1 aromatic heterocycles. The summed E-state index contributed by atoms with van der Waals surface area (Å²) in [6, 6.07) is 2.76. The largest absolute Gasteiger partial charge is 0.384 e. The number of sulfonamides is 1. The van der Waals surface area contributed by atoms with E-state index in [1.54, 1.807) is 14.1 Å². The van der Waals surface area contributed by atoms with Crippen LogP contribution in [-0.2, 0) is 19.6 Å². The Labute approximate surface area is 124 Å². The van der Waals surface area contributed by atoms with Gasteiger partial charge in [0.1, 0.15) is 10.7 Å². The van der Waals surface area contributed by atoms with Gasteiger partial charge in [0.2, 0.25) is 15.9 Å². The minimum atomic E-state index is -3.83. The molecule has 0 bridgehead atoms. The molecule has 0 radical (unpaired) electrons. The Kier molecular flexibility index (Phi) is 6.06.